The third-order valence-electron chi connectivity index (χ3n) is 4.93. The molecule has 1 unspecified atom stereocenters. The summed E-state index contributed by atoms with van der Waals surface area (Å²) in [6.07, 6.45) is 8.61. The third-order valence-corrected chi connectivity index (χ3v) is 6.15. The van der Waals surface area contributed by atoms with Crippen LogP contribution in [0, 0.1) is 5.92 Å². The van der Waals surface area contributed by atoms with Crippen molar-refractivity contribution in [1.82, 2.24) is 10.2 Å². The molecule has 1 amide bonds. The SMILES string of the molecule is O=C(NC1CCCSC1)[C@@H]1CCCN2CCCC[C@H]12. The number of hydrogen-bond acceptors (Lipinski definition) is 3. The Morgan fingerprint density at radius 3 is 2.79 bits per heavy atom. The van der Waals surface area contributed by atoms with E-state index in [0.29, 0.717) is 18.0 Å². The summed E-state index contributed by atoms with van der Waals surface area (Å²) >= 11 is 1.99. The summed E-state index contributed by atoms with van der Waals surface area (Å²) in [5.41, 5.74) is 0. The fraction of sp³-hybridized carbons (Fsp3) is 0.933. The maximum Gasteiger partial charge on any atom is 0.224 e. The van der Waals surface area contributed by atoms with Gasteiger partial charge in [0.1, 0.15) is 0 Å². The van der Waals surface area contributed by atoms with E-state index in [1.54, 1.807) is 0 Å². The van der Waals surface area contributed by atoms with Crippen molar-refractivity contribution >= 4 is 17.7 Å². The quantitative estimate of drug-likeness (QED) is 0.843. The van der Waals surface area contributed by atoms with Crippen molar-refractivity contribution in [2.24, 2.45) is 5.92 Å². The first-order chi connectivity index (χ1) is 9.34. The fourth-order valence-electron chi connectivity index (χ4n) is 3.93. The van der Waals surface area contributed by atoms with Gasteiger partial charge in [0.2, 0.25) is 5.91 Å². The number of piperidine rings is 2. The highest BCUT2D eigenvalue weighted by atomic mass is 32.2. The topological polar surface area (TPSA) is 32.3 Å². The van der Waals surface area contributed by atoms with Crippen LogP contribution < -0.4 is 5.32 Å². The van der Waals surface area contributed by atoms with Crippen molar-refractivity contribution in [3.63, 3.8) is 0 Å². The maximum absolute atomic E-state index is 12.6. The second kappa shape index (κ2) is 6.49. The molecule has 108 valence electrons. The van der Waals surface area contributed by atoms with Crippen LogP contribution in [0.1, 0.15) is 44.9 Å². The number of carbonyl (C=O) groups is 1. The predicted molar refractivity (Wildman–Crippen MR) is 80.4 cm³/mol. The summed E-state index contributed by atoms with van der Waals surface area (Å²) in [6, 6.07) is 0.976. The number of hydrogen-bond donors (Lipinski definition) is 1. The van der Waals surface area contributed by atoms with Crippen LogP contribution in [0.25, 0.3) is 0 Å². The average Bonchev–Trinajstić information content (AvgIpc) is 2.47. The molecule has 3 heterocycles. The minimum absolute atomic E-state index is 0.265. The van der Waals surface area contributed by atoms with Crippen molar-refractivity contribution in [3.8, 4) is 0 Å². The molecule has 3 aliphatic heterocycles. The molecule has 19 heavy (non-hydrogen) atoms. The zero-order chi connectivity index (χ0) is 13.1. The van der Waals surface area contributed by atoms with E-state index in [2.05, 4.69) is 10.2 Å². The van der Waals surface area contributed by atoms with Crippen LogP contribution >= 0.6 is 11.8 Å². The van der Waals surface area contributed by atoms with Crippen LogP contribution in [0.3, 0.4) is 0 Å². The molecule has 0 bridgehead atoms. The predicted octanol–water partition coefficient (Wildman–Crippen LogP) is 2.26. The van der Waals surface area contributed by atoms with Crippen LogP contribution in [-0.4, -0.2) is 47.5 Å². The largest absolute Gasteiger partial charge is 0.352 e. The molecule has 3 fully saturated rings. The summed E-state index contributed by atoms with van der Waals surface area (Å²) in [4.78, 5) is 15.2. The lowest BCUT2D eigenvalue weighted by atomic mass is 9.83. The van der Waals surface area contributed by atoms with Crippen LogP contribution in [-0.2, 0) is 4.79 Å². The van der Waals surface area contributed by atoms with E-state index in [1.165, 1.54) is 57.4 Å². The molecule has 4 heteroatoms. The maximum atomic E-state index is 12.6. The molecule has 3 saturated heterocycles. The summed E-state index contributed by atoms with van der Waals surface area (Å²) < 4.78 is 0. The van der Waals surface area contributed by atoms with Gasteiger partial charge in [-0.15, -0.1) is 0 Å². The second-order valence-electron chi connectivity index (χ2n) is 6.27. The molecule has 0 radical (unpaired) electrons. The van der Waals surface area contributed by atoms with Gasteiger partial charge < -0.3 is 5.32 Å². The first kappa shape index (κ1) is 13.7. The lowest BCUT2D eigenvalue weighted by molar-refractivity contribution is -0.130. The third kappa shape index (κ3) is 3.27. The Morgan fingerprint density at radius 1 is 1.05 bits per heavy atom. The number of nitrogens with zero attached hydrogens (tertiary/aromatic N) is 1. The molecule has 1 N–H and O–H groups in total. The Balaban J connectivity index is 1.58. The molecule has 3 atom stereocenters. The Morgan fingerprint density at radius 2 is 1.95 bits per heavy atom. The molecule has 3 rings (SSSR count). The van der Waals surface area contributed by atoms with E-state index < -0.39 is 0 Å². The van der Waals surface area contributed by atoms with Gasteiger partial charge in [-0.3, -0.25) is 9.69 Å². The van der Waals surface area contributed by atoms with E-state index in [4.69, 9.17) is 0 Å². The number of rotatable bonds is 2. The van der Waals surface area contributed by atoms with Gasteiger partial charge in [0, 0.05) is 17.8 Å². The van der Waals surface area contributed by atoms with Gasteiger partial charge in [0.05, 0.1) is 5.92 Å². The molecule has 3 aliphatic rings. The highest BCUT2D eigenvalue weighted by Gasteiger charge is 2.37. The van der Waals surface area contributed by atoms with Crippen LogP contribution in [0.5, 0.6) is 0 Å². The molecule has 0 aliphatic carbocycles. The zero-order valence-electron chi connectivity index (χ0n) is 11.8. The van der Waals surface area contributed by atoms with Gasteiger partial charge in [0.15, 0.2) is 0 Å². The number of carbonyl (C=O) groups excluding carboxylic acids is 1. The van der Waals surface area contributed by atoms with Crippen LogP contribution in [0.2, 0.25) is 0 Å². The second-order valence-corrected chi connectivity index (χ2v) is 7.42. The summed E-state index contributed by atoms with van der Waals surface area (Å²) in [6.45, 7) is 2.43. The van der Waals surface area contributed by atoms with Gasteiger partial charge in [-0.25, -0.2) is 0 Å². The lowest BCUT2D eigenvalue weighted by Crippen LogP contribution is -2.54. The Kier molecular flexibility index (Phi) is 4.69. The van der Waals surface area contributed by atoms with Crippen LogP contribution in [0.4, 0.5) is 0 Å². The summed E-state index contributed by atoms with van der Waals surface area (Å²) in [5, 5.41) is 3.34. The van der Waals surface area contributed by atoms with Crippen LogP contribution in [0.15, 0.2) is 0 Å². The first-order valence-electron chi connectivity index (χ1n) is 7.97. The minimum atomic E-state index is 0.265. The minimum Gasteiger partial charge on any atom is -0.352 e. The number of amides is 1. The van der Waals surface area contributed by atoms with E-state index >= 15 is 0 Å². The van der Waals surface area contributed by atoms with E-state index in [0.717, 1.165) is 12.2 Å². The first-order valence-corrected chi connectivity index (χ1v) is 9.12. The molecule has 0 saturated carbocycles. The summed E-state index contributed by atoms with van der Waals surface area (Å²) in [7, 11) is 0. The highest BCUT2D eigenvalue weighted by Crippen LogP contribution is 2.31. The molecule has 0 spiro atoms. The van der Waals surface area contributed by atoms with Gasteiger partial charge in [0.25, 0.3) is 0 Å². The van der Waals surface area contributed by atoms with Crippen molar-refractivity contribution in [1.29, 1.82) is 0 Å². The molecular formula is C15H26N2OS. The van der Waals surface area contributed by atoms with Gasteiger partial charge in [-0.05, 0) is 57.4 Å². The van der Waals surface area contributed by atoms with Gasteiger partial charge >= 0.3 is 0 Å². The highest BCUT2D eigenvalue weighted by molar-refractivity contribution is 7.99. The smallest absolute Gasteiger partial charge is 0.224 e. The number of thioether (sulfide) groups is 1. The van der Waals surface area contributed by atoms with Crippen molar-refractivity contribution in [3.05, 3.63) is 0 Å². The van der Waals surface area contributed by atoms with E-state index in [1.807, 2.05) is 11.8 Å². The normalized spacial score (nSPS) is 36.5. The molecular weight excluding hydrogens is 256 g/mol. The molecule has 3 nitrogen and oxygen atoms in total. The monoisotopic (exact) mass is 282 g/mol. The standard InChI is InChI=1S/C15H26N2OS/c18-15(16-12-5-4-10-19-11-12)13-6-3-9-17-8-2-1-7-14(13)17/h12-14H,1-11H2,(H,16,18)/t12?,13-,14-/m1/s1. The fourth-order valence-corrected chi connectivity index (χ4v) is 5.00. The van der Waals surface area contributed by atoms with E-state index in [9.17, 15) is 4.79 Å². The Bertz CT molecular complexity index is 315. The zero-order valence-corrected chi connectivity index (χ0v) is 12.6. The molecule has 0 aromatic carbocycles. The number of fused-ring (bicyclic) bond motifs is 1. The molecule has 0 aromatic rings. The number of nitrogens with one attached hydrogen (secondary N) is 1. The molecule has 0 aromatic heterocycles. The van der Waals surface area contributed by atoms with Gasteiger partial charge in [-0.1, -0.05) is 6.42 Å². The van der Waals surface area contributed by atoms with Gasteiger partial charge in [-0.2, -0.15) is 11.8 Å². The van der Waals surface area contributed by atoms with Crippen molar-refractivity contribution in [2.45, 2.75) is 57.0 Å². The summed E-state index contributed by atoms with van der Waals surface area (Å²) in [5.74, 6) is 3.00. The van der Waals surface area contributed by atoms with Crippen molar-refractivity contribution < 1.29 is 4.79 Å². The lowest BCUT2D eigenvalue weighted by Gasteiger charge is -2.44. The Labute approximate surface area is 120 Å². The Hall–Kier alpha value is -0.220. The average molecular weight is 282 g/mol. The van der Waals surface area contributed by atoms with Crippen molar-refractivity contribution in [2.75, 3.05) is 24.6 Å². The van der Waals surface area contributed by atoms with E-state index in [-0.39, 0.29) is 5.92 Å².